The predicted octanol–water partition coefficient (Wildman–Crippen LogP) is 7.05. The molecule has 0 bridgehead atoms. The van der Waals surface area contributed by atoms with E-state index in [1.165, 1.54) is 4.90 Å². The summed E-state index contributed by atoms with van der Waals surface area (Å²) < 4.78 is 36.1. The van der Waals surface area contributed by atoms with Gasteiger partial charge in [-0.2, -0.15) is 0 Å². The largest absolute Gasteiger partial charge is 0.494 e. The van der Waals surface area contributed by atoms with Crippen molar-refractivity contribution in [2.75, 3.05) is 17.5 Å². The third kappa shape index (κ3) is 9.05. The van der Waals surface area contributed by atoms with E-state index in [2.05, 4.69) is 21.2 Å². The molecule has 4 aromatic rings. The van der Waals surface area contributed by atoms with Crippen molar-refractivity contribution in [3.63, 3.8) is 0 Å². The average Bonchev–Trinajstić information content (AvgIpc) is 3.60. The quantitative estimate of drug-likeness (QED) is 0.150. The lowest BCUT2D eigenvalue weighted by Gasteiger charge is -2.34. The average molecular weight is 733 g/mol. The number of hydrogen-bond acceptors (Lipinski definition) is 5. The highest BCUT2D eigenvalue weighted by atomic mass is 79.9. The number of carbonyl (C=O) groups excluding carboxylic acids is 2. The summed E-state index contributed by atoms with van der Waals surface area (Å²) in [4.78, 5) is 30.4. The maximum Gasteiger partial charge on any atom is 0.264 e. The lowest BCUT2D eigenvalue weighted by molar-refractivity contribution is -0.140. The Balaban J connectivity index is 1.56. The second kappa shape index (κ2) is 16.3. The summed E-state index contributed by atoms with van der Waals surface area (Å²) in [5, 5.41) is 3.21. The highest BCUT2D eigenvalue weighted by molar-refractivity contribution is 9.10. The van der Waals surface area contributed by atoms with Crippen LogP contribution >= 0.6 is 15.9 Å². The number of rotatable bonds is 14. The highest BCUT2D eigenvalue weighted by Gasteiger charge is 2.35. The minimum atomic E-state index is -4.19. The molecule has 252 valence electrons. The molecule has 48 heavy (non-hydrogen) atoms. The Morgan fingerprint density at radius 3 is 2.15 bits per heavy atom. The summed E-state index contributed by atoms with van der Waals surface area (Å²) >= 11 is 3.48. The number of sulfonamides is 1. The molecule has 0 saturated heterocycles. The van der Waals surface area contributed by atoms with Gasteiger partial charge < -0.3 is 15.0 Å². The van der Waals surface area contributed by atoms with Gasteiger partial charge in [0, 0.05) is 23.5 Å². The molecule has 1 aliphatic rings. The van der Waals surface area contributed by atoms with E-state index in [0.717, 1.165) is 51.2 Å². The van der Waals surface area contributed by atoms with Gasteiger partial charge in [-0.05, 0) is 86.3 Å². The normalized spacial score (nSPS) is 13.9. The lowest BCUT2D eigenvalue weighted by atomic mass is 10.0. The topological polar surface area (TPSA) is 96.0 Å². The van der Waals surface area contributed by atoms with E-state index in [4.69, 9.17) is 4.74 Å². The van der Waals surface area contributed by atoms with E-state index >= 15 is 0 Å². The fourth-order valence-electron chi connectivity index (χ4n) is 5.95. The van der Waals surface area contributed by atoms with Crippen molar-refractivity contribution >= 4 is 43.5 Å². The first-order valence-electron chi connectivity index (χ1n) is 16.3. The Labute approximate surface area is 292 Å². The summed E-state index contributed by atoms with van der Waals surface area (Å²) in [6, 6.07) is 29.5. The zero-order chi connectivity index (χ0) is 34.1. The van der Waals surface area contributed by atoms with Crippen LogP contribution in [0.5, 0.6) is 5.75 Å². The minimum Gasteiger partial charge on any atom is -0.494 e. The van der Waals surface area contributed by atoms with Crippen LogP contribution in [0, 0.1) is 6.92 Å². The lowest BCUT2D eigenvalue weighted by Crippen LogP contribution is -2.54. The number of nitrogens with one attached hydrogen (secondary N) is 1. The number of anilines is 1. The van der Waals surface area contributed by atoms with Crippen LogP contribution in [0.2, 0.25) is 0 Å². The second-order valence-corrected chi connectivity index (χ2v) is 14.9. The molecule has 0 aliphatic heterocycles. The number of benzene rings is 4. The van der Waals surface area contributed by atoms with Crippen LogP contribution < -0.4 is 14.4 Å². The smallest absolute Gasteiger partial charge is 0.264 e. The molecule has 0 radical (unpaired) electrons. The molecule has 0 heterocycles. The van der Waals surface area contributed by atoms with Crippen molar-refractivity contribution in [3.05, 3.63) is 124 Å². The van der Waals surface area contributed by atoms with Crippen molar-refractivity contribution in [2.24, 2.45) is 0 Å². The van der Waals surface area contributed by atoms with Gasteiger partial charge >= 0.3 is 0 Å². The van der Waals surface area contributed by atoms with Gasteiger partial charge in [-0.3, -0.25) is 13.9 Å². The molecule has 8 nitrogen and oxygen atoms in total. The Hall–Kier alpha value is -4.15. The molecule has 10 heteroatoms. The van der Waals surface area contributed by atoms with Gasteiger partial charge in [0.15, 0.2) is 0 Å². The summed E-state index contributed by atoms with van der Waals surface area (Å²) in [5.74, 6) is -0.154. The first kappa shape index (κ1) is 35.2. The van der Waals surface area contributed by atoms with Crippen molar-refractivity contribution in [2.45, 2.75) is 69.5 Å². The van der Waals surface area contributed by atoms with E-state index in [9.17, 15) is 18.0 Å². The third-order valence-corrected chi connectivity index (χ3v) is 10.9. The Morgan fingerprint density at radius 2 is 1.52 bits per heavy atom. The number of aryl methyl sites for hydroxylation is 1. The van der Waals surface area contributed by atoms with Gasteiger partial charge in [-0.15, -0.1) is 0 Å². The number of amides is 2. The van der Waals surface area contributed by atoms with Gasteiger partial charge in [0.2, 0.25) is 11.8 Å². The van der Waals surface area contributed by atoms with Crippen molar-refractivity contribution in [1.82, 2.24) is 10.2 Å². The van der Waals surface area contributed by atoms with Gasteiger partial charge in [0.25, 0.3) is 10.0 Å². The van der Waals surface area contributed by atoms with Crippen LogP contribution in [0.4, 0.5) is 5.69 Å². The molecule has 0 spiro atoms. The molecule has 0 aromatic heterocycles. The first-order chi connectivity index (χ1) is 23.1. The summed E-state index contributed by atoms with van der Waals surface area (Å²) in [5.41, 5.74) is 2.93. The highest BCUT2D eigenvalue weighted by Crippen LogP contribution is 2.28. The number of ether oxygens (including phenoxy) is 1. The molecule has 1 N–H and O–H groups in total. The van der Waals surface area contributed by atoms with Crippen molar-refractivity contribution in [1.29, 1.82) is 0 Å². The van der Waals surface area contributed by atoms with E-state index in [-0.39, 0.29) is 29.8 Å². The molecule has 1 fully saturated rings. The first-order valence-corrected chi connectivity index (χ1v) is 18.6. The number of nitrogens with zero attached hydrogens (tertiary/aromatic N) is 2. The van der Waals surface area contributed by atoms with Gasteiger partial charge in [0.1, 0.15) is 18.3 Å². The van der Waals surface area contributed by atoms with E-state index in [1.807, 2.05) is 68.4 Å². The maximum atomic E-state index is 14.7. The Morgan fingerprint density at radius 1 is 0.875 bits per heavy atom. The van der Waals surface area contributed by atoms with Crippen LogP contribution in [-0.2, 0) is 32.6 Å². The van der Waals surface area contributed by atoms with Gasteiger partial charge in [-0.25, -0.2) is 8.42 Å². The van der Waals surface area contributed by atoms with Crippen LogP contribution in [0.3, 0.4) is 0 Å². The van der Waals surface area contributed by atoms with Gasteiger partial charge in [-0.1, -0.05) is 88.9 Å². The monoisotopic (exact) mass is 731 g/mol. The van der Waals surface area contributed by atoms with E-state index in [0.29, 0.717) is 18.0 Å². The Bertz CT molecular complexity index is 1760. The van der Waals surface area contributed by atoms with E-state index in [1.54, 1.807) is 48.5 Å². The third-order valence-electron chi connectivity index (χ3n) is 8.56. The number of hydrogen-bond donors (Lipinski definition) is 1. The van der Waals surface area contributed by atoms with Crippen LogP contribution in [0.1, 0.15) is 49.3 Å². The van der Waals surface area contributed by atoms with Gasteiger partial charge in [0.05, 0.1) is 17.2 Å². The van der Waals surface area contributed by atoms with Crippen LogP contribution in [0.25, 0.3) is 0 Å². The summed E-state index contributed by atoms with van der Waals surface area (Å²) in [7, 11) is -4.19. The predicted molar refractivity (Wildman–Crippen MR) is 192 cm³/mol. The summed E-state index contributed by atoms with van der Waals surface area (Å²) in [6.45, 7) is 3.81. The van der Waals surface area contributed by atoms with E-state index < -0.39 is 28.5 Å². The standard InChI is InChI=1S/C38H42BrN3O5S/c1-3-47-34-21-19-33(20-22-34)42(48(45,46)35-23-13-28(2)14-24-35)27-37(43)41(26-30-15-17-31(39)18-16-30)36(25-29-9-5-4-6-10-29)38(44)40-32-11-7-8-12-32/h4-6,9-10,13-24,32,36H,3,7-8,11-12,25-27H2,1-2H3,(H,40,44). The summed E-state index contributed by atoms with van der Waals surface area (Å²) in [6.07, 6.45) is 4.15. The molecular formula is C38H42BrN3O5S. The SMILES string of the molecule is CCOc1ccc(N(CC(=O)N(Cc2ccc(Br)cc2)C(Cc2ccccc2)C(=O)NC2CCCC2)S(=O)(=O)c2ccc(C)cc2)cc1. The Kier molecular flexibility index (Phi) is 11.9. The molecule has 1 atom stereocenters. The molecule has 4 aromatic carbocycles. The fourth-order valence-corrected chi connectivity index (χ4v) is 7.63. The maximum absolute atomic E-state index is 14.7. The minimum absolute atomic E-state index is 0.0441. The number of halogens is 1. The molecule has 1 saturated carbocycles. The van der Waals surface area contributed by atoms with Crippen LogP contribution in [0.15, 0.2) is 112 Å². The molecule has 1 unspecified atom stereocenters. The van der Waals surface area contributed by atoms with Crippen molar-refractivity contribution in [3.8, 4) is 5.75 Å². The van der Waals surface area contributed by atoms with Crippen LogP contribution in [-0.4, -0.2) is 50.4 Å². The molecule has 1 aliphatic carbocycles. The fraction of sp³-hybridized carbons (Fsp3) is 0.316. The molecular weight excluding hydrogens is 690 g/mol. The zero-order valence-corrected chi connectivity index (χ0v) is 29.8. The molecule has 5 rings (SSSR count). The van der Waals surface area contributed by atoms with Crippen molar-refractivity contribution < 1.29 is 22.7 Å². The number of carbonyl (C=O) groups is 2. The second-order valence-electron chi connectivity index (χ2n) is 12.1. The molecule has 2 amide bonds. The zero-order valence-electron chi connectivity index (χ0n) is 27.3.